The zero-order valence-electron chi connectivity index (χ0n) is 11.7. The molecular formula is C13H17BrClNO4S. The molecule has 0 unspecified atom stereocenters. The van der Waals surface area contributed by atoms with Gasteiger partial charge in [-0.2, -0.15) is 0 Å². The van der Waals surface area contributed by atoms with Gasteiger partial charge in [0.1, 0.15) is 0 Å². The fraction of sp³-hybridized carbons (Fsp3) is 0.462. The number of hydrogen-bond acceptors (Lipinski definition) is 4. The molecule has 0 aromatic heterocycles. The third-order valence-corrected chi connectivity index (χ3v) is 4.19. The summed E-state index contributed by atoms with van der Waals surface area (Å²) in [6.07, 6.45) is 0. The molecule has 8 heteroatoms. The quantitative estimate of drug-likeness (QED) is 0.566. The van der Waals surface area contributed by atoms with Gasteiger partial charge in [0.15, 0.2) is 0 Å². The maximum atomic E-state index is 11.9. The van der Waals surface area contributed by atoms with E-state index in [0.717, 1.165) is 0 Å². The van der Waals surface area contributed by atoms with E-state index in [4.69, 9.17) is 15.4 Å². The molecule has 1 amide bonds. The topological polar surface area (TPSA) is 72.5 Å². The van der Waals surface area contributed by atoms with Crippen LogP contribution in [0.15, 0.2) is 27.6 Å². The molecule has 21 heavy (non-hydrogen) atoms. The van der Waals surface area contributed by atoms with Crippen molar-refractivity contribution >= 4 is 41.6 Å². The molecule has 1 N–H and O–H groups in total. The average Bonchev–Trinajstić information content (AvgIpc) is 2.36. The molecule has 0 bridgehead atoms. The number of benzene rings is 1. The van der Waals surface area contributed by atoms with Crippen molar-refractivity contribution in [1.29, 1.82) is 0 Å². The molecule has 0 saturated heterocycles. The predicted octanol–water partition coefficient (Wildman–Crippen LogP) is 2.78. The summed E-state index contributed by atoms with van der Waals surface area (Å²) >= 11 is 3.15. The van der Waals surface area contributed by atoms with E-state index in [2.05, 4.69) is 21.2 Å². The maximum absolute atomic E-state index is 11.9. The molecule has 1 aromatic rings. The van der Waals surface area contributed by atoms with Crippen LogP contribution >= 0.6 is 26.6 Å². The molecule has 0 atom stereocenters. The summed E-state index contributed by atoms with van der Waals surface area (Å²) in [4.78, 5) is 11.8. The summed E-state index contributed by atoms with van der Waals surface area (Å²) in [6.45, 7) is 5.45. The smallest absolute Gasteiger partial charge is 0.261 e. The Hall–Kier alpha value is -0.630. The number of halogens is 2. The van der Waals surface area contributed by atoms with Crippen LogP contribution in [0.3, 0.4) is 0 Å². The lowest BCUT2D eigenvalue weighted by molar-refractivity contribution is 0.0886. The van der Waals surface area contributed by atoms with Gasteiger partial charge in [-0.05, 0) is 24.1 Å². The Labute approximate surface area is 137 Å². The fourth-order valence-electron chi connectivity index (χ4n) is 1.49. The zero-order valence-corrected chi connectivity index (χ0v) is 14.9. The number of ether oxygens (including phenoxy) is 1. The lowest BCUT2D eigenvalue weighted by atomic mass is 10.2. The summed E-state index contributed by atoms with van der Waals surface area (Å²) in [5.74, 6) is 0.0493. The van der Waals surface area contributed by atoms with Gasteiger partial charge in [0.05, 0.1) is 11.5 Å². The van der Waals surface area contributed by atoms with E-state index in [9.17, 15) is 13.2 Å². The van der Waals surface area contributed by atoms with Crippen molar-refractivity contribution in [3.8, 4) is 0 Å². The van der Waals surface area contributed by atoms with Crippen LogP contribution in [0.5, 0.6) is 0 Å². The predicted molar refractivity (Wildman–Crippen MR) is 85.2 cm³/mol. The number of carbonyl (C=O) groups is 1. The monoisotopic (exact) mass is 397 g/mol. The zero-order chi connectivity index (χ0) is 16.0. The lowest BCUT2D eigenvalue weighted by Gasteiger charge is -2.09. The van der Waals surface area contributed by atoms with Gasteiger partial charge in [-0.25, -0.2) is 8.42 Å². The van der Waals surface area contributed by atoms with Crippen molar-refractivity contribution in [2.75, 3.05) is 19.8 Å². The summed E-state index contributed by atoms with van der Waals surface area (Å²) in [6, 6.07) is 4.10. The molecule has 0 spiro atoms. The number of rotatable bonds is 7. The van der Waals surface area contributed by atoms with E-state index in [0.29, 0.717) is 30.1 Å². The van der Waals surface area contributed by atoms with Gasteiger partial charge in [0, 0.05) is 33.9 Å². The van der Waals surface area contributed by atoms with Crippen LogP contribution in [0.25, 0.3) is 0 Å². The first-order valence-electron chi connectivity index (χ1n) is 6.31. The van der Waals surface area contributed by atoms with Crippen LogP contribution in [0.2, 0.25) is 0 Å². The van der Waals surface area contributed by atoms with Gasteiger partial charge >= 0.3 is 0 Å². The molecule has 1 aromatic carbocycles. The van der Waals surface area contributed by atoms with E-state index in [1.807, 2.05) is 13.8 Å². The number of hydrogen-bond donors (Lipinski definition) is 1. The molecule has 0 heterocycles. The number of amides is 1. The molecular weight excluding hydrogens is 382 g/mol. The third kappa shape index (κ3) is 6.78. The van der Waals surface area contributed by atoms with E-state index < -0.39 is 9.05 Å². The minimum absolute atomic E-state index is 0.125. The second kappa shape index (κ2) is 8.12. The van der Waals surface area contributed by atoms with Crippen molar-refractivity contribution in [1.82, 2.24) is 5.32 Å². The molecule has 0 aliphatic heterocycles. The molecule has 0 aliphatic rings. The largest absolute Gasteiger partial charge is 0.379 e. The van der Waals surface area contributed by atoms with Crippen molar-refractivity contribution in [2.45, 2.75) is 18.7 Å². The average molecular weight is 399 g/mol. The van der Waals surface area contributed by atoms with Gasteiger partial charge < -0.3 is 10.1 Å². The molecule has 0 aliphatic carbocycles. The minimum atomic E-state index is -3.88. The SMILES string of the molecule is CC(C)COCCNC(=O)c1cc(Br)cc(S(=O)(=O)Cl)c1. The Morgan fingerprint density at radius 3 is 2.62 bits per heavy atom. The van der Waals surface area contributed by atoms with E-state index in [-0.39, 0.29) is 16.4 Å². The van der Waals surface area contributed by atoms with Crippen molar-refractivity contribution in [2.24, 2.45) is 5.92 Å². The minimum Gasteiger partial charge on any atom is -0.379 e. The molecule has 1 rings (SSSR count). The van der Waals surface area contributed by atoms with Crippen LogP contribution in [-0.2, 0) is 13.8 Å². The summed E-state index contributed by atoms with van der Waals surface area (Å²) in [5.41, 5.74) is 0.215. The van der Waals surface area contributed by atoms with Crippen molar-refractivity contribution in [3.63, 3.8) is 0 Å². The number of nitrogens with one attached hydrogen (secondary N) is 1. The van der Waals surface area contributed by atoms with Gasteiger partial charge in [-0.3, -0.25) is 4.79 Å². The first-order valence-corrected chi connectivity index (χ1v) is 9.41. The van der Waals surface area contributed by atoms with Gasteiger partial charge in [-0.15, -0.1) is 0 Å². The highest BCUT2D eigenvalue weighted by atomic mass is 79.9. The van der Waals surface area contributed by atoms with Gasteiger partial charge in [0.2, 0.25) is 0 Å². The van der Waals surface area contributed by atoms with Crippen LogP contribution in [-0.4, -0.2) is 34.1 Å². The summed E-state index contributed by atoms with van der Waals surface area (Å²) in [7, 11) is 1.40. The second-order valence-corrected chi connectivity index (χ2v) is 8.32. The second-order valence-electron chi connectivity index (χ2n) is 4.84. The molecule has 5 nitrogen and oxygen atoms in total. The number of carbonyl (C=O) groups excluding carboxylic acids is 1. The molecule has 0 saturated carbocycles. The fourth-order valence-corrected chi connectivity index (χ4v) is 2.94. The third-order valence-electron chi connectivity index (χ3n) is 2.40. The Bertz CT molecular complexity index is 604. The maximum Gasteiger partial charge on any atom is 0.261 e. The molecule has 0 fully saturated rings. The first kappa shape index (κ1) is 18.4. The van der Waals surface area contributed by atoms with Crippen LogP contribution in [0, 0.1) is 5.92 Å². The van der Waals surface area contributed by atoms with E-state index >= 15 is 0 Å². The van der Waals surface area contributed by atoms with Crippen molar-refractivity contribution in [3.05, 3.63) is 28.2 Å². The Morgan fingerprint density at radius 2 is 2.05 bits per heavy atom. The highest BCUT2D eigenvalue weighted by Crippen LogP contribution is 2.22. The lowest BCUT2D eigenvalue weighted by Crippen LogP contribution is -2.27. The van der Waals surface area contributed by atoms with E-state index in [1.165, 1.54) is 18.2 Å². The van der Waals surface area contributed by atoms with Crippen LogP contribution in [0.1, 0.15) is 24.2 Å². The molecule has 118 valence electrons. The summed E-state index contributed by atoms with van der Waals surface area (Å²) in [5, 5.41) is 2.66. The van der Waals surface area contributed by atoms with Crippen LogP contribution in [0.4, 0.5) is 0 Å². The van der Waals surface area contributed by atoms with Gasteiger partial charge in [0.25, 0.3) is 15.0 Å². The van der Waals surface area contributed by atoms with E-state index in [1.54, 1.807) is 0 Å². The van der Waals surface area contributed by atoms with Crippen molar-refractivity contribution < 1.29 is 17.9 Å². The normalized spacial score (nSPS) is 11.7. The first-order chi connectivity index (χ1) is 9.70. The van der Waals surface area contributed by atoms with Crippen LogP contribution < -0.4 is 5.32 Å². The Morgan fingerprint density at radius 1 is 1.38 bits per heavy atom. The van der Waals surface area contributed by atoms with Gasteiger partial charge in [-0.1, -0.05) is 29.8 Å². The summed E-state index contributed by atoms with van der Waals surface area (Å²) < 4.78 is 28.4. The molecule has 0 radical (unpaired) electrons. The highest BCUT2D eigenvalue weighted by molar-refractivity contribution is 9.10. The Kier molecular flexibility index (Phi) is 7.12. The Balaban J connectivity index is 2.64. The highest BCUT2D eigenvalue weighted by Gasteiger charge is 2.15. The standard InChI is InChI=1S/C13H17BrClNO4S/c1-9(2)8-20-4-3-16-13(17)10-5-11(14)7-12(6-10)21(15,18)19/h5-7,9H,3-4,8H2,1-2H3,(H,16,17).